The summed E-state index contributed by atoms with van der Waals surface area (Å²) in [5.74, 6) is -0.605. The van der Waals surface area contributed by atoms with Gasteiger partial charge >= 0.3 is 5.97 Å². The van der Waals surface area contributed by atoms with E-state index < -0.39 is 5.97 Å². The number of hydrogen-bond donors (Lipinski definition) is 2. The fraction of sp³-hybridized carbons (Fsp3) is 0.615. The fourth-order valence-corrected chi connectivity index (χ4v) is 2.49. The van der Waals surface area contributed by atoms with Crippen LogP contribution >= 0.6 is 0 Å². The highest BCUT2D eigenvalue weighted by Gasteiger charge is 2.25. The molecule has 1 aromatic heterocycles. The van der Waals surface area contributed by atoms with Crippen molar-refractivity contribution in [2.75, 3.05) is 26.2 Å². The molecule has 0 saturated carbocycles. The maximum absolute atomic E-state index is 12.3. The van der Waals surface area contributed by atoms with E-state index in [4.69, 9.17) is 5.11 Å². The molecule has 110 valence electrons. The van der Waals surface area contributed by atoms with Crippen molar-refractivity contribution in [3.05, 3.63) is 18.0 Å². The van der Waals surface area contributed by atoms with Crippen LogP contribution < -0.4 is 5.32 Å². The lowest BCUT2D eigenvalue weighted by Gasteiger charge is -2.32. The molecule has 1 fully saturated rings. The van der Waals surface area contributed by atoms with Gasteiger partial charge in [0.1, 0.15) is 5.69 Å². The SMILES string of the molecule is Cn1ccc(C(=O)N2CCCC(CNCC(=O)O)C2)n1. The van der Waals surface area contributed by atoms with E-state index in [1.54, 1.807) is 28.9 Å². The Hall–Kier alpha value is -1.89. The molecule has 0 bridgehead atoms. The number of carbonyl (C=O) groups excluding carboxylic acids is 1. The summed E-state index contributed by atoms with van der Waals surface area (Å²) in [7, 11) is 1.78. The topological polar surface area (TPSA) is 87.5 Å². The van der Waals surface area contributed by atoms with Crippen LogP contribution in [0.2, 0.25) is 0 Å². The second-order valence-corrected chi connectivity index (χ2v) is 5.16. The monoisotopic (exact) mass is 280 g/mol. The molecule has 1 unspecified atom stereocenters. The van der Waals surface area contributed by atoms with Crippen LogP contribution in [0.1, 0.15) is 23.3 Å². The summed E-state index contributed by atoms with van der Waals surface area (Å²) in [6.45, 7) is 1.98. The second-order valence-electron chi connectivity index (χ2n) is 5.16. The first-order valence-electron chi connectivity index (χ1n) is 6.77. The molecule has 2 rings (SSSR count). The maximum atomic E-state index is 12.3. The highest BCUT2D eigenvalue weighted by Crippen LogP contribution is 2.17. The number of carboxylic acid groups (broad SMARTS) is 1. The Morgan fingerprint density at radius 3 is 3.00 bits per heavy atom. The van der Waals surface area contributed by atoms with Crippen LogP contribution in [-0.2, 0) is 11.8 Å². The van der Waals surface area contributed by atoms with Gasteiger partial charge in [-0.2, -0.15) is 5.10 Å². The molecule has 1 saturated heterocycles. The number of amides is 1. The number of hydrogen-bond acceptors (Lipinski definition) is 4. The minimum absolute atomic E-state index is 0.0370. The van der Waals surface area contributed by atoms with Crippen molar-refractivity contribution in [2.24, 2.45) is 13.0 Å². The number of nitrogens with one attached hydrogen (secondary N) is 1. The van der Waals surface area contributed by atoms with Crippen molar-refractivity contribution in [1.29, 1.82) is 0 Å². The van der Waals surface area contributed by atoms with Gasteiger partial charge in [0.25, 0.3) is 5.91 Å². The van der Waals surface area contributed by atoms with Crippen LogP contribution in [0.15, 0.2) is 12.3 Å². The Labute approximate surface area is 117 Å². The lowest BCUT2D eigenvalue weighted by Crippen LogP contribution is -2.43. The zero-order chi connectivity index (χ0) is 14.5. The van der Waals surface area contributed by atoms with Gasteiger partial charge in [0, 0.05) is 32.9 Å². The lowest BCUT2D eigenvalue weighted by atomic mass is 9.97. The average Bonchev–Trinajstić information content (AvgIpc) is 2.84. The summed E-state index contributed by atoms with van der Waals surface area (Å²) in [6, 6.07) is 1.72. The summed E-state index contributed by atoms with van der Waals surface area (Å²) >= 11 is 0. The van der Waals surface area contributed by atoms with Gasteiger partial charge < -0.3 is 15.3 Å². The van der Waals surface area contributed by atoms with Crippen LogP contribution in [0.3, 0.4) is 0 Å². The van der Waals surface area contributed by atoms with Gasteiger partial charge in [-0.1, -0.05) is 0 Å². The standard InChI is InChI=1S/C13H20N4O3/c1-16-6-4-11(15-16)13(20)17-5-2-3-10(9-17)7-14-8-12(18)19/h4,6,10,14H,2-3,5,7-9H2,1H3,(H,18,19). The van der Waals surface area contributed by atoms with Gasteiger partial charge in [-0.05, 0) is 24.8 Å². The fourth-order valence-electron chi connectivity index (χ4n) is 2.49. The van der Waals surface area contributed by atoms with Crippen LogP contribution in [0.25, 0.3) is 0 Å². The number of aliphatic carboxylic acids is 1. The number of carbonyl (C=O) groups is 2. The molecule has 2 heterocycles. The molecular weight excluding hydrogens is 260 g/mol. The lowest BCUT2D eigenvalue weighted by molar-refractivity contribution is -0.136. The van der Waals surface area contributed by atoms with E-state index in [0.29, 0.717) is 24.7 Å². The van der Waals surface area contributed by atoms with Gasteiger partial charge in [0.05, 0.1) is 6.54 Å². The smallest absolute Gasteiger partial charge is 0.317 e. The van der Waals surface area contributed by atoms with Gasteiger partial charge in [-0.25, -0.2) is 0 Å². The van der Waals surface area contributed by atoms with Gasteiger partial charge in [-0.15, -0.1) is 0 Å². The summed E-state index contributed by atoms with van der Waals surface area (Å²) in [5, 5.41) is 15.6. The molecule has 1 aliphatic heterocycles. The third kappa shape index (κ3) is 3.80. The summed E-state index contributed by atoms with van der Waals surface area (Å²) in [5.41, 5.74) is 0.464. The Morgan fingerprint density at radius 1 is 1.55 bits per heavy atom. The van der Waals surface area contributed by atoms with Crippen molar-refractivity contribution in [1.82, 2.24) is 20.0 Å². The van der Waals surface area contributed by atoms with Crippen LogP contribution in [0.5, 0.6) is 0 Å². The summed E-state index contributed by atoms with van der Waals surface area (Å²) < 4.78 is 1.61. The summed E-state index contributed by atoms with van der Waals surface area (Å²) in [4.78, 5) is 24.5. The quantitative estimate of drug-likeness (QED) is 0.789. The molecule has 0 radical (unpaired) electrons. The Morgan fingerprint density at radius 2 is 2.35 bits per heavy atom. The number of carboxylic acids is 1. The van der Waals surface area contributed by atoms with Crippen LogP contribution in [0.4, 0.5) is 0 Å². The first kappa shape index (κ1) is 14.5. The summed E-state index contributed by atoms with van der Waals surface area (Å²) in [6.07, 6.45) is 3.71. The van der Waals surface area contributed by atoms with Gasteiger partial charge in [-0.3, -0.25) is 14.3 Å². The van der Waals surface area contributed by atoms with E-state index in [1.807, 2.05) is 0 Å². The molecular formula is C13H20N4O3. The largest absolute Gasteiger partial charge is 0.480 e. The van der Waals surface area contributed by atoms with E-state index in [-0.39, 0.29) is 12.5 Å². The van der Waals surface area contributed by atoms with Crippen molar-refractivity contribution in [3.8, 4) is 0 Å². The van der Waals surface area contributed by atoms with Crippen LogP contribution in [0, 0.1) is 5.92 Å². The minimum atomic E-state index is -0.859. The number of piperidine rings is 1. The predicted molar refractivity (Wildman–Crippen MR) is 72.3 cm³/mol. The number of nitrogens with zero attached hydrogens (tertiary/aromatic N) is 3. The normalized spacial score (nSPS) is 19.1. The molecule has 1 aliphatic rings. The van der Waals surface area contributed by atoms with Crippen molar-refractivity contribution < 1.29 is 14.7 Å². The van der Waals surface area contributed by atoms with E-state index in [9.17, 15) is 9.59 Å². The first-order chi connectivity index (χ1) is 9.56. The predicted octanol–water partition coefficient (Wildman–Crippen LogP) is -0.0535. The number of aromatic nitrogens is 2. The van der Waals surface area contributed by atoms with E-state index in [2.05, 4.69) is 10.4 Å². The molecule has 1 amide bonds. The molecule has 1 aromatic rings. The second kappa shape index (κ2) is 6.51. The Balaban J connectivity index is 1.86. The maximum Gasteiger partial charge on any atom is 0.317 e. The highest BCUT2D eigenvalue weighted by atomic mass is 16.4. The van der Waals surface area contributed by atoms with E-state index >= 15 is 0 Å². The van der Waals surface area contributed by atoms with Crippen molar-refractivity contribution in [3.63, 3.8) is 0 Å². The molecule has 7 nitrogen and oxygen atoms in total. The Bertz CT molecular complexity index is 486. The highest BCUT2D eigenvalue weighted by molar-refractivity contribution is 5.92. The third-order valence-corrected chi connectivity index (χ3v) is 3.45. The minimum Gasteiger partial charge on any atom is -0.480 e. The molecule has 0 aliphatic carbocycles. The average molecular weight is 280 g/mol. The van der Waals surface area contributed by atoms with Gasteiger partial charge in [0.15, 0.2) is 0 Å². The Kier molecular flexibility index (Phi) is 4.73. The number of aryl methyl sites for hydroxylation is 1. The third-order valence-electron chi connectivity index (χ3n) is 3.45. The first-order valence-corrected chi connectivity index (χ1v) is 6.77. The zero-order valence-electron chi connectivity index (χ0n) is 11.6. The zero-order valence-corrected chi connectivity index (χ0v) is 11.6. The molecule has 20 heavy (non-hydrogen) atoms. The molecule has 7 heteroatoms. The number of likely N-dealkylation sites (tertiary alicyclic amines) is 1. The molecule has 0 aromatic carbocycles. The number of rotatable bonds is 5. The van der Waals surface area contributed by atoms with Gasteiger partial charge in [0.2, 0.25) is 0 Å². The van der Waals surface area contributed by atoms with Crippen molar-refractivity contribution in [2.45, 2.75) is 12.8 Å². The molecule has 2 N–H and O–H groups in total. The molecule has 1 atom stereocenters. The van der Waals surface area contributed by atoms with Crippen molar-refractivity contribution >= 4 is 11.9 Å². The van der Waals surface area contributed by atoms with E-state index in [1.165, 1.54) is 0 Å². The van der Waals surface area contributed by atoms with E-state index in [0.717, 1.165) is 19.4 Å². The van der Waals surface area contributed by atoms with Crippen LogP contribution in [-0.4, -0.2) is 57.8 Å². The molecule has 0 spiro atoms.